The average molecular weight is 1780 g/mol. The first-order valence-corrected chi connectivity index (χ1v) is 49.2. The van der Waals surface area contributed by atoms with Crippen molar-refractivity contribution in [2.45, 2.75) is 188 Å². The first-order valence-electron chi connectivity index (χ1n) is 38.8. The fourth-order valence-corrected chi connectivity index (χ4v) is 20.7. The van der Waals surface area contributed by atoms with Crippen LogP contribution in [0.3, 0.4) is 0 Å². The van der Waals surface area contributed by atoms with Gasteiger partial charge >= 0.3 is 22.6 Å². The number of hydrogen-bond donors (Lipinski definition) is 11. The van der Waals surface area contributed by atoms with Crippen LogP contribution in [-0.4, -0.2) is 199 Å². The van der Waals surface area contributed by atoms with Crippen LogP contribution >= 0.6 is 22.6 Å². The molecule has 0 aliphatic carbocycles. The van der Waals surface area contributed by atoms with Crippen molar-refractivity contribution in [1.29, 1.82) is 0 Å². The molecule has 5 amide bonds. The fraction of sp³-hybridized carbons (Fsp3) is 0.590. The van der Waals surface area contributed by atoms with Gasteiger partial charge in [-0.15, -0.1) is 0 Å². The van der Waals surface area contributed by atoms with Gasteiger partial charge in [-0.3, -0.25) is 51.8 Å². The summed E-state index contributed by atoms with van der Waals surface area (Å²) < 4.78 is 156. The largest absolute Gasteiger partial charge is 0.509 e. The Bertz CT molecular complexity index is 5140. The van der Waals surface area contributed by atoms with Gasteiger partial charge in [-0.05, 0) is 119 Å². The Labute approximate surface area is 700 Å². The molecule has 6 atom stereocenters. The first kappa shape index (κ1) is 97.9. The van der Waals surface area contributed by atoms with Gasteiger partial charge in [0, 0.05) is 63.7 Å². The Balaban J connectivity index is 0.000000246. The summed E-state index contributed by atoms with van der Waals surface area (Å²) in [5.74, 6) is -2.83. The van der Waals surface area contributed by atoms with Gasteiger partial charge < -0.3 is 75.3 Å². The number of nitrogens with two attached hydrogens (primary N) is 1. The van der Waals surface area contributed by atoms with Crippen LogP contribution in [0, 0.1) is 32.5 Å². The van der Waals surface area contributed by atoms with Crippen molar-refractivity contribution in [2.24, 2.45) is 52.5 Å². The van der Waals surface area contributed by atoms with Crippen LogP contribution in [0.1, 0.15) is 170 Å². The summed E-state index contributed by atoms with van der Waals surface area (Å²) in [6.07, 6.45) is 5.63. The van der Waals surface area contributed by atoms with Crippen LogP contribution in [0.4, 0.5) is 34.1 Å². The van der Waals surface area contributed by atoms with Crippen LogP contribution in [0.2, 0.25) is 0 Å². The maximum absolute atomic E-state index is 14.3. The average Bonchev–Trinajstić information content (AvgIpc) is 1.66. The summed E-state index contributed by atoms with van der Waals surface area (Å²) in [5.41, 5.74) is 4.64. The Hall–Kier alpha value is -8.18. The summed E-state index contributed by atoms with van der Waals surface area (Å²) in [6, 6.07) is 11.2. The van der Waals surface area contributed by atoms with E-state index >= 15 is 0 Å². The third kappa shape index (κ3) is 25.7. The minimum Gasteiger partial charge on any atom is -0.509 e. The van der Waals surface area contributed by atoms with E-state index in [0.717, 1.165) is 18.8 Å². The molecule has 41 heteroatoms. The molecule has 0 radical (unpaired) electrons. The Morgan fingerprint density at radius 2 is 0.731 bits per heavy atom. The van der Waals surface area contributed by atoms with Crippen LogP contribution in [0.5, 0.6) is 0 Å². The van der Waals surface area contributed by atoms with E-state index in [4.69, 9.17) is 24.0 Å². The third-order valence-electron chi connectivity index (χ3n) is 19.1. The minimum absolute atomic E-state index is 0.00220. The highest BCUT2D eigenvalue weighted by Gasteiger charge is 2.53. The second kappa shape index (κ2) is 36.9. The van der Waals surface area contributed by atoms with Gasteiger partial charge in [0.15, 0.2) is 17.5 Å². The topological polar surface area (TPSA) is 494 Å². The van der Waals surface area contributed by atoms with E-state index in [1.165, 1.54) is 68.8 Å². The number of sulfonamides is 3. The standard InChI is InChI=1S/C27H42N5O7PS.C26H40N5O7PS.C25H39N4O7PS/c1-26(2,3)13-14-32-23(27(4,5)6)22(34)21(25(32)35)24-29-18-12-11-17(31-41(8,37)38)16-19(18)40(36,30-24)39-15-9-10-20(33)28-7;1-25(2,3)12-13-31-22(26(4,5)6)21(33)20(24(31)34)23-28-17-11-10-16(30-40(7,36)37)15-18(17)39(35,29-23)38-14-8-9-19(27)32;1-24(2,3)11-12-29-21(25(4,5)6)20(30)19(23(29)31)22-26-17-10-9-16(28-38(8,33)34)15-18(17)37(32,27-22)36-14-13-35-7/h11-12,16,23,31,34H,9-10,13-15H2,1-8H3,(H,28,33)(H,29,30,36);10-11,15,22,30,33H,8-9,12-14H2,1-7H3,(H2,27,32)(H,28,29,35);9-10,15,21,28,30H,11-14H2,1-8H3,(H,26,27,32). The van der Waals surface area contributed by atoms with Gasteiger partial charge in [0.2, 0.25) is 41.9 Å². The van der Waals surface area contributed by atoms with Crippen molar-refractivity contribution in [3.8, 4) is 0 Å². The lowest BCUT2D eigenvalue weighted by atomic mass is 9.84. The SMILES string of the molecule is CC(C)(C)CCN1C(=O)C(C2=NP(=O)(OCCCC(N)=O)c3cc(NS(C)(=O)=O)ccc3N2)=C(O)C1C(C)(C)C.CNC(=O)CCCOP1(=O)N=C(C2=C(O)C(C(C)(C)C)N(CCC(C)(C)C)C2=O)Nc2ccc(NS(C)(=O)=O)cc21.COCCOP1(=O)N=C(C2=C(O)C(C(C)(C)C)N(CCC(C)(C)C)C2=O)Nc2ccc(NS(C)(=O)=O)cc21. The lowest BCUT2D eigenvalue weighted by Crippen LogP contribution is -2.45. The molecule has 0 bridgehead atoms. The smallest absolute Gasteiger partial charge is 0.348 e. The lowest BCUT2D eigenvalue weighted by molar-refractivity contribution is -0.129. The maximum atomic E-state index is 14.3. The van der Waals surface area contributed by atoms with E-state index in [1.807, 2.05) is 62.3 Å². The maximum Gasteiger partial charge on any atom is 0.348 e. The Morgan fingerprint density at radius 3 is 0.966 bits per heavy atom. The number of aliphatic hydroxyl groups excluding tert-OH is 3. The molecule has 0 aromatic heterocycles. The molecule has 3 aromatic rings. The van der Waals surface area contributed by atoms with Gasteiger partial charge in [-0.1, -0.05) is 125 Å². The molecule has 9 rings (SSSR count). The normalized spacial score (nSPS) is 21.8. The number of hydrogen-bond acceptors (Lipinski definition) is 24. The van der Waals surface area contributed by atoms with Gasteiger partial charge in [0.05, 0.1) is 96.3 Å². The number of benzene rings is 3. The molecule has 0 spiro atoms. The van der Waals surface area contributed by atoms with E-state index in [1.54, 1.807) is 14.7 Å². The van der Waals surface area contributed by atoms with E-state index in [-0.39, 0.29) is 170 Å². The number of nitrogens with one attached hydrogen (secondary N) is 7. The molecule has 12 N–H and O–H groups in total. The molecular formula is C78H121N14O21P3S3. The predicted molar refractivity (Wildman–Crippen MR) is 467 cm³/mol. The van der Waals surface area contributed by atoms with Gasteiger partial charge in [-0.2, -0.15) is 14.3 Å². The Kier molecular flexibility index (Phi) is 30.3. The molecule has 119 heavy (non-hydrogen) atoms. The summed E-state index contributed by atoms with van der Waals surface area (Å²) in [6.45, 7) is 37.1. The first-order chi connectivity index (χ1) is 54.3. The monoisotopic (exact) mass is 1780 g/mol. The molecule has 662 valence electrons. The number of amides is 5. The zero-order valence-electron chi connectivity index (χ0n) is 72.3. The summed E-state index contributed by atoms with van der Waals surface area (Å²) >= 11 is 0. The highest BCUT2D eigenvalue weighted by Crippen LogP contribution is 2.57. The van der Waals surface area contributed by atoms with E-state index in [0.29, 0.717) is 44.6 Å². The number of amidine groups is 3. The molecule has 0 saturated heterocycles. The van der Waals surface area contributed by atoms with Crippen molar-refractivity contribution < 1.29 is 96.5 Å². The molecule has 6 heterocycles. The van der Waals surface area contributed by atoms with Gasteiger partial charge in [-0.25, -0.2) is 25.3 Å². The number of anilines is 6. The highest BCUT2D eigenvalue weighted by molar-refractivity contribution is 7.92. The quantitative estimate of drug-likeness (QED) is 0.0227. The zero-order chi connectivity index (χ0) is 89.9. The number of ether oxygens (including phenoxy) is 1. The number of fused-ring (bicyclic) bond motifs is 3. The van der Waals surface area contributed by atoms with E-state index < -0.39 is 111 Å². The van der Waals surface area contributed by atoms with Gasteiger partial charge in [0.1, 0.15) is 34.0 Å². The molecule has 0 saturated carbocycles. The number of rotatable bonds is 29. The van der Waals surface area contributed by atoms with Crippen molar-refractivity contribution in [3.63, 3.8) is 0 Å². The minimum atomic E-state index is -4.12. The second-order valence-electron chi connectivity index (χ2n) is 37.0. The number of methoxy groups -OCH3 is 1. The molecule has 0 fully saturated rings. The summed E-state index contributed by atoms with van der Waals surface area (Å²) in [7, 11) is -20.1. The second-order valence-corrected chi connectivity index (χ2v) is 48.1. The third-order valence-corrected chi connectivity index (χ3v) is 26.9. The number of primary amides is 1. The van der Waals surface area contributed by atoms with Crippen molar-refractivity contribution in [2.75, 3.05) is 109 Å². The van der Waals surface area contributed by atoms with Crippen molar-refractivity contribution >= 4 is 150 Å². The molecule has 6 unspecified atom stereocenters. The molecule has 6 aliphatic rings. The van der Waals surface area contributed by atoms with E-state index in [9.17, 15) is 78.2 Å². The predicted octanol–water partition coefficient (Wildman–Crippen LogP) is 11.1. The molecule has 6 aliphatic heterocycles. The van der Waals surface area contributed by atoms with E-state index in [2.05, 4.69) is 112 Å². The summed E-state index contributed by atoms with van der Waals surface area (Å²) in [5, 5.41) is 46.1. The number of carbonyl (C=O) groups is 5. The van der Waals surface area contributed by atoms with Crippen molar-refractivity contribution in [3.05, 3.63) is 88.6 Å². The van der Waals surface area contributed by atoms with Crippen LogP contribution in [-0.2, 0) is 86.0 Å². The Morgan fingerprint density at radius 1 is 0.462 bits per heavy atom. The van der Waals surface area contributed by atoms with Crippen molar-refractivity contribution in [1.82, 2.24) is 20.0 Å². The zero-order valence-corrected chi connectivity index (χ0v) is 77.5. The highest BCUT2D eigenvalue weighted by atomic mass is 32.2. The van der Waals surface area contributed by atoms with Crippen LogP contribution < -0.4 is 57.1 Å². The van der Waals surface area contributed by atoms with Gasteiger partial charge in [0.25, 0.3) is 17.7 Å². The van der Waals surface area contributed by atoms with Crippen LogP contribution in [0.25, 0.3) is 0 Å². The fourth-order valence-electron chi connectivity index (χ4n) is 13.6. The lowest BCUT2D eigenvalue weighted by Gasteiger charge is -2.36. The summed E-state index contributed by atoms with van der Waals surface area (Å²) in [4.78, 5) is 69.1. The molecule has 3 aromatic carbocycles. The molecule has 35 nitrogen and oxygen atoms in total. The number of aliphatic hydroxyl groups is 3. The van der Waals surface area contributed by atoms with Crippen LogP contribution in [0.15, 0.2) is 103 Å². The number of nitrogens with zero attached hydrogens (tertiary/aromatic N) is 6. The number of carbonyl (C=O) groups excluding carboxylic acids is 5. The molecular weight excluding hydrogens is 1660 g/mol.